The number of nitrogens with one attached hydrogen (secondary N) is 1. The molecule has 1 atom stereocenters. The Bertz CT molecular complexity index is 651. The maximum absolute atomic E-state index is 12.6. The fourth-order valence-electron chi connectivity index (χ4n) is 3.03. The van der Waals surface area contributed by atoms with Crippen molar-refractivity contribution in [2.24, 2.45) is 0 Å². The number of rotatable bonds is 3. The van der Waals surface area contributed by atoms with Gasteiger partial charge in [-0.1, -0.05) is 37.3 Å². The van der Waals surface area contributed by atoms with Gasteiger partial charge in [0, 0.05) is 5.69 Å². The molecule has 2 aromatic rings. The molecule has 0 saturated heterocycles. The Balaban J connectivity index is 2.25. The van der Waals surface area contributed by atoms with Crippen molar-refractivity contribution in [3.05, 3.63) is 59.7 Å². The highest BCUT2D eigenvalue weighted by Gasteiger charge is 2.46. The number of amides is 1. The molecule has 20 heavy (non-hydrogen) atoms. The maximum atomic E-state index is 12.6. The number of carbonyl (C=O) groups is 1. The minimum atomic E-state index is -0.620. The minimum absolute atomic E-state index is 0.0365. The van der Waals surface area contributed by atoms with Gasteiger partial charge in [0.2, 0.25) is 5.91 Å². The van der Waals surface area contributed by atoms with E-state index in [0.29, 0.717) is 6.42 Å². The van der Waals surface area contributed by atoms with Crippen molar-refractivity contribution in [1.82, 2.24) is 0 Å². The number of methoxy groups -OCH3 is 1. The van der Waals surface area contributed by atoms with Crippen LogP contribution in [0.25, 0.3) is 0 Å². The van der Waals surface area contributed by atoms with Crippen LogP contribution in [0.5, 0.6) is 5.75 Å². The Morgan fingerprint density at radius 3 is 2.55 bits per heavy atom. The summed E-state index contributed by atoms with van der Waals surface area (Å²) < 4.78 is 5.31. The molecule has 2 aromatic carbocycles. The zero-order valence-corrected chi connectivity index (χ0v) is 11.6. The van der Waals surface area contributed by atoms with Gasteiger partial charge in [-0.25, -0.2) is 0 Å². The van der Waals surface area contributed by atoms with Crippen molar-refractivity contribution in [1.29, 1.82) is 0 Å². The van der Waals surface area contributed by atoms with Gasteiger partial charge in [0.25, 0.3) is 0 Å². The number of ether oxygens (including phenoxy) is 1. The molecule has 0 saturated carbocycles. The molecular weight excluding hydrogens is 250 g/mol. The molecule has 0 aromatic heterocycles. The topological polar surface area (TPSA) is 38.3 Å². The van der Waals surface area contributed by atoms with Gasteiger partial charge in [-0.3, -0.25) is 4.79 Å². The summed E-state index contributed by atoms with van der Waals surface area (Å²) in [5.74, 6) is 0.809. The number of hydrogen-bond acceptors (Lipinski definition) is 2. The summed E-state index contributed by atoms with van der Waals surface area (Å²) in [4.78, 5) is 12.6. The average Bonchev–Trinajstić information content (AvgIpc) is 2.79. The normalized spacial score (nSPS) is 20.4. The van der Waals surface area contributed by atoms with Gasteiger partial charge in [-0.2, -0.15) is 0 Å². The second-order valence-electron chi connectivity index (χ2n) is 4.99. The Labute approximate surface area is 118 Å². The van der Waals surface area contributed by atoms with Crippen LogP contribution in [0.15, 0.2) is 48.5 Å². The van der Waals surface area contributed by atoms with Gasteiger partial charge in [-0.15, -0.1) is 0 Å². The van der Waals surface area contributed by atoms with E-state index in [1.807, 2.05) is 55.5 Å². The van der Waals surface area contributed by atoms with Gasteiger partial charge >= 0.3 is 0 Å². The van der Waals surface area contributed by atoms with Crippen LogP contribution in [0.3, 0.4) is 0 Å². The second-order valence-corrected chi connectivity index (χ2v) is 4.99. The zero-order chi connectivity index (χ0) is 14.2. The first-order valence-corrected chi connectivity index (χ1v) is 6.78. The Morgan fingerprint density at radius 2 is 1.90 bits per heavy atom. The molecule has 102 valence electrons. The number of carbonyl (C=O) groups excluding carboxylic acids is 1. The summed E-state index contributed by atoms with van der Waals surface area (Å²) in [5, 5.41) is 2.99. The quantitative estimate of drug-likeness (QED) is 0.926. The molecule has 1 aliphatic heterocycles. The third-order valence-corrected chi connectivity index (χ3v) is 4.12. The largest absolute Gasteiger partial charge is 0.497 e. The lowest BCUT2D eigenvalue weighted by atomic mass is 9.73. The molecule has 1 aliphatic rings. The molecule has 1 unspecified atom stereocenters. The summed E-state index contributed by atoms with van der Waals surface area (Å²) in [6.45, 7) is 2.04. The van der Waals surface area contributed by atoms with Crippen LogP contribution in [-0.2, 0) is 10.2 Å². The van der Waals surface area contributed by atoms with E-state index in [9.17, 15) is 4.79 Å². The predicted molar refractivity (Wildman–Crippen MR) is 79.1 cm³/mol. The SMILES string of the molecule is CCC1(c2ccccc2)C(=O)Nc2ccc(OC)cc21. The molecule has 3 nitrogen and oxygen atoms in total. The summed E-state index contributed by atoms with van der Waals surface area (Å²) in [6, 6.07) is 15.7. The molecule has 0 fully saturated rings. The lowest BCUT2D eigenvalue weighted by molar-refractivity contribution is -0.119. The number of fused-ring (bicyclic) bond motifs is 1. The van der Waals surface area contributed by atoms with Crippen LogP contribution in [0.1, 0.15) is 24.5 Å². The Hall–Kier alpha value is -2.29. The number of anilines is 1. The van der Waals surface area contributed by atoms with Crippen LogP contribution in [0.4, 0.5) is 5.69 Å². The summed E-state index contributed by atoms with van der Waals surface area (Å²) >= 11 is 0. The van der Waals surface area contributed by atoms with Crippen LogP contribution < -0.4 is 10.1 Å². The van der Waals surface area contributed by atoms with Crippen molar-refractivity contribution in [3.8, 4) is 5.75 Å². The first kappa shape index (κ1) is 12.7. The van der Waals surface area contributed by atoms with Crippen LogP contribution >= 0.6 is 0 Å². The van der Waals surface area contributed by atoms with E-state index in [1.54, 1.807) is 7.11 Å². The van der Waals surface area contributed by atoms with E-state index in [1.165, 1.54) is 0 Å². The van der Waals surface area contributed by atoms with Crippen LogP contribution in [0.2, 0.25) is 0 Å². The van der Waals surface area contributed by atoms with Crippen molar-refractivity contribution >= 4 is 11.6 Å². The van der Waals surface area contributed by atoms with Crippen LogP contribution in [0, 0.1) is 0 Å². The molecule has 1 amide bonds. The lowest BCUT2D eigenvalue weighted by Gasteiger charge is -2.26. The maximum Gasteiger partial charge on any atom is 0.239 e. The lowest BCUT2D eigenvalue weighted by Crippen LogP contribution is -2.34. The fourth-order valence-corrected chi connectivity index (χ4v) is 3.03. The van der Waals surface area contributed by atoms with Crippen LogP contribution in [-0.4, -0.2) is 13.0 Å². The first-order valence-electron chi connectivity index (χ1n) is 6.78. The average molecular weight is 267 g/mol. The standard InChI is InChI=1S/C17H17NO2/c1-3-17(12-7-5-4-6-8-12)14-11-13(20-2)9-10-15(14)18-16(17)19/h4-11H,3H2,1-2H3,(H,18,19). The smallest absolute Gasteiger partial charge is 0.239 e. The predicted octanol–water partition coefficient (Wildman–Crippen LogP) is 3.34. The van der Waals surface area contributed by atoms with Crippen molar-refractivity contribution in [3.63, 3.8) is 0 Å². The number of hydrogen-bond donors (Lipinski definition) is 1. The van der Waals surface area contributed by atoms with E-state index < -0.39 is 5.41 Å². The number of benzene rings is 2. The Morgan fingerprint density at radius 1 is 1.15 bits per heavy atom. The molecule has 1 heterocycles. The summed E-state index contributed by atoms with van der Waals surface area (Å²) in [5.41, 5.74) is 2.27. The highest BCUT2D eigenvalue weighted by atomic mass is 16.5. The highest BCUT2D eigenvalue weighted by molar-refractivity contribution is 6.08. The minimum Gasteiger partial charge on any atom is -0.497 e. The van der Waals surface area contributed by atoms with E-state index in [-0.39, 0.29) is 5.91 Å². The Kier molecular flexibility index (Phi) is 2.97. The monoisotopic (exact) mass is 267 g/mol. The van der Waals surface area contributed by atoms with Gasteiger partial charge < -0.3 is 10.1 Å². The third-order valence-electron chi connectivity index (χ3n) is 4.12. The van der Waals surface area contributed by atoms with Gasteiger partial charge in [0.05, 0.1) is 7.11 Å². The molecule has 3 heteroatoms. The fraction of sp³-hybridized carbons (Fsp3) is 0.235. The third kappa shape index (κ3) is 1.63. The highest BCUT2D eigenvalue weighted by Crippen LogP contribution is 2.46. The van der Waals surface area contributed by atoms with Crippen molar-refractivity contribution in [2.45, 2.75) is 18.8 Å². The van der Waals surface area contributed by atoms with Gasteiger partial charge in [0.1, 0.15) is 11.2 Å². The molecule has 0 spiro atoms. The molecule has 0 aliphatic carbocycles. The molecule has 1 N–H and O–H groups in total. The first-order chi connectivity index (χ1) is 9.72. The van der Waals surface area contributed by atoms with E-state index in [0.717, 1.165) is 22.6 Å². The second kappa shape index (κ2) is 4.67. The van der Waals surface area contributed by atoms with Gasteiger partial charge in [0.15, 0.2) is 0 Å². The van der Waals surface area contributed by atoms with E-state index >= 15 is 0 Å². The van der Waals surface area contributed by atoms with Crippen molar-refractivity contribution in [2.75, 3.05) is 12.4 Å². The van der Waals surface area contributed by atoms with Crippen molar-refractivity contribution < 1.29 is 9.53 Å². The molecule has 0 radical (unpaired) electrons. The molecule has 3 rings (SSSR count). The summed E-state index contributed by atoms with van der Waals surface area (Å²) in [7, 11) is 1.64. The molecular formula is C17H17NO2. The van der Waals surface area contributed by atoms with Gasteiger partial charge in [-0.05, 0) is 35.7 Å². The van der Waals surface area contributed by atoms with E-state index in [4.69, 9.17) is 4.74 Å². The zero-order valence-electron chi connectivity index (χ0n) is 11.6. The van der Waals surface area contributed by atoms with E-state index in [2.05, 4.69) is 5.32 Å². The molecule has 0 bridgehead atoms. The summed E-state index contributed by atoms with van der Waals surface area (Å²) in [6.07, 6.45) is 0.711.